The predicted molar refractivity (Wildman–Crippen MR) is 103 cm³/mol. The molecule has 146 valence electrons. The van der Waals surface area contributed by atoms with E-state index in [2.05, 4.69) is 34.6 Å². The van der Waals surface area contributed by atoms with E-state index < -0.39 is 5.91 Å². The number of rotatable bonds is 7. The van der Waals surface area contributed by atoms with Crippen molar-refractivity contribution in [2.75, 3.05) is 6.54 Å². The third kappa shape index (κ3) is 5.38. The van der Waals surface area contributed by atoms with E-state index >= 15 is 0 Å². The Morgan fingerprint density at radius 2 is 2.07 bits per heavy atom. The minimum Gasteiger partial charge on any atom is -0.353 e. The minimum absolute atomic E-state index is 0.0342. The van der Waals surface area contributed by atoms with Gasteiger partial charge in [0.15, 0.2) is 0 Å². The van der Waals surface area contributed by atoms with Gasteiger partial charge in [0.05, 0.1) is 4.88 Å². The first-order chi connectivity index (χ1) is 13.0. The molecule has 0 aromatic carbocycles. The van der Waals surface area contributed by atoms with E-state index in [-0.39, 0.29) is 30.8 Å². The summed E-state index contributed by atoms with van der Waals surface area (Å²) in [6, 6.07) is 3.99. The lowest BCUT2D eigenvalue weighted by atomic mass is 9.80. The van der Waals surface area contributed by atoms with Crippen LogP contribution in [0.3, 0.4) is 0 Å². The molecule has 2 aromatic rings. The Morgan fingerprint density at radius 1 is 1.30 bits per heavy atom. The number of amides is 2. The molecule has 0 radical (unpaired) electrons. The second-order valence-corrected chi connectivity index (χ2v) is 8.28. The maximum Gasteiger partial charge on any atom is 0.316 e. The Labute approximate surface area is 162 Å². The molecule has 27 heavy (non-hydrogen) atoms. The second kappa shape index (κ2) is 9.12. The maximum absolute atomic E-state index is 12.1. The van der Waals surface area contributed by atoms with Crippen LogP contribution in [0.25, 0.3) is 10.7 Å². The average molecular weight is 391 g/mol. The van der Waals surface area contributed by atoms with E-state index in [0.717, 1.165) is 23.6 Å². The van der Waals surface area contributed by atoms with Crippen LogP contribution in [0.15, 0.2) is 22.0 Å². The van der Waals surface area contributed by atoms with Crippen molar-refractivity contribution in [3.63, 3.8) is 0 Å². The normalized spacial score (nSPS) is 19.8. The molecule has 7 nitrogen and oxygen atoms in total. The topological polar surface area (TPSA) is 97.1 Å². The van der Waals surface area contributed by atoms with Crippen LogP contribution in [0, 0.1) is 11.8 Å². The molecule has 2 N–H and O–H groups in total. The summed E-state index contributed by atoms with van der Waals surface area (Å²) in [6.07, 6.45) is 4.65. The molecule has 0 aliphatic heterocycles. The first kappa shape index (κ1) is 19.5. The van der Waals surface area contributed by atoms with E-state index in [0.29, 0.717) is 11.7 Å². The summed E-state index contributed by atoms with van der Waals surface area (Å²) < 4.78 is 4.99. The molecule has 0 saturated heterocycles. The molecule has 3 rings (SSSR count). The van der Waals surface area contributed by atoms with Gasteiger partial charge in [-0.15, -0.1) is 11.3 Å². The highest BCUT2D eigenvalue weighted by Crippen LogP contribution is 2.29. The van der Waals surface area contributed by atoms with Gasteiger partial charge in [0.25, 0.3) is 0 Å². The van der Waals surface area contributed by atoms with Crippen molar-refractivity contribution in [2.24, 2.45) is 11.8 Å². The fourth-order valence-electron chi connectivity index (χ4n) is 3.42. The van der Waals surface area contributed by atoms with Gasteiger partial charge in [-0.25, -0.2) is 0 Å². The molecule has 2 aromatic heterocycles. The van der Waals surface area contributed by atoms with Crippen LogP contribution in [0.2, 0.25) is 0 Å². The van der Waals surface area contributed by atoms with Crippen molar-refractivity contribution in [3.05, 3.63) is 23.4 Å². The van der Waals surface area contributed by atoms with E-state index in [1.165, 1.54) is 24.2 Å². The van der Waals surface area contributed by atoms with Crippen LogP contribution >= 0.6 is 11.3 Å². The molecule has 0 atom stereocenters. The minimum atomic E-state index is -0.462. The Bertz CT molecular complexity index is 749. The first-order valence-electron chi connectivity index (χ1n) is 9.48. The van der Waals surface area contributed by atoms with Crippen molar-refractivity contribution < 1.29 is 14.1 Å². The molecular weight excluding hydrogens is 364 g/mol. The standard InChI is InChI=1S/C19H26N4O3S/c1-12(2)13-5-7-14(8-6-13)21-16(24)9-10-20-18(25)19-22-17(23-26-19)15-4-3-11-27-15/h3-4,11-14H,5-10H2,1-2H3,(H,20,25)(H,21,24). The summed E-state index contributed by atoms with van der Waals surface area (Å²) in [5.41, 5.74) is 0. The van der Waals surface area contributed by atoms with Crippen molar-refractivity contribution in [3.8, 4) is 10.7 Å². The zero-order valence-corrected chi connectivity index (χ0v) is 16.6. The van der Waals surface area contributed by atoms with E-state index in [9.17, 15) is 9.59 Å². The van der Waals surface area contributed by atoms with Crippen molar-refractivity contribution in [1.29, 1.82) is 0 Å². The summed E-state index contributed by atoms with van der Waals surface area (Å²) in [7, 11) is 0. The Balaban J connectivity index is 1.37. The van der Waals surface area contributed by atoms with Gasteiger partial charge >= 0.3 is 11.8 Å². The Morgan fingerprint density at radius 3 is 2.74 bits per heavy atom. The molecule has 2 heterocycles. The molecule has 0 spiro atoms. The predicted octanol–water partition coefficient (Wildman–Crippen LogP) is 3.25. The van der Waals surface area contributed by atoms with Crippen LogP contribution in [0.1, 0.15) is 56.6 Å². The summed E-state index contributed by atoms with van der Waals surface area (Å²) in [6.45, 7) is 4.76. The lowest BCUT2D eigenvalue weighted by Crippen LogP contribution is -2.39. The van der Waals surface area contributed by atoms with Crippen LogP contribution in [0.5, 0.6) is 0 Å². The fourth-order valence-corrected chi connectivity index (χ4v) is 4.07. The van der Waals surface area contributed by atoms with Crippen molar-refractivity contribution >= 4 is 23.2 Å². The quantitative estimate of drug-likeness (QED) is 0.756. The van der Waals surface area contributed by atoms with Gasteiger partial charge < -0.3 is 15.2 Å². The molecule has 2 amide bonds. The maximum atomic E-state index is 12.1. The number of aromatic nitrogens is 2. The number of carbonyl (C=O) groups excluding carboxylic acids is 2. The van der Waals surface area contributed by atoms with E-state index in [1.54, 1.807) is 0 Å². The summed E-state index contributed by atoms with van der Waals surface area (Å²) in [5.74, 6) is 1.28. The van der Waals surface area contributed by atoms with Gasteiger partial charge in [0.2, 0.25) is 11.7 Å². The molecular formula is C19H26N4O3S. The molecule has 1 fully saturated rings. The lowest BCUT2D eigenvalue weighted by molar-refractivity contribution is -0.121. The molecule has 8 heteroatoms. The number of nitrogens with zero attached hydrogens (tertiary/aromatic N) is 2. The van der Waals surface area contributed by atoms with Gasteiger partial charge in [-0.05, 0) is 49.0 Å². The molecule has 1 aliphatic rings. The molecule has 0 unspecified atom stereocenters. The zero-order valence-electron chi connectivity index (χ0n) is 15.7. The van der Waals surface area contributed by atoms with Crippen molar-refractivity contribution in [1.82, 2.24) is 20.8 Å². The fraction of sp³-hybridized carbons (Fsp3) is 0.579. The average Bonchev–Trinajstić information content (AvgIpc) is 3.33. The van der Waals surface area contributed by atoms with Gasteiger partial charge in [0.1, 0.15) is 0 Å². The van der Waals surface area contributed by atoms with Gasteiger partial charge in [-0.3, -0.25) is 9.59 Å². The largest absolute Gasteiger partial charge is 0.353 e. The summed E-state index contributed by atoms with van der Waals surface area (Å²) >= 11 is 1.47. The van der Waals surface area contributed by atoms with Gasteiger partial charge in [-0.2, -0.15) is 4.98 Å². The van der Waals surface area contributed by atoms with Crippen LogP contribution < -0.4 is 10.6 Å². The van der Waals surface area contributed by atoms with Crippen LogP contribution in [0.4, 0.5) is 0 Å². The highest BCUT2D eigenvalue weighted by molar-refractivity contribution is 7.13. The molecule has 1 aliphatic carbocycles. The molecule has 0 bridgehead atoms. The number of nitrogens with one attached hydrogen (secondary N) is 2. The SMILES string of the molecule is CC(C)C1CCC(NC(=O)CCNC(=O)c2nc(-c3cccs3)no2)CC1. The van der Waals surface area contributed by atoms with Gasteiger partial charge in [-0.1, -0.05) is 25.1 Å². The summed E-state index contributed by atoms with van der Waals surface area (Å²) in [5, 5.41) is 11.4. The third-order valence-electron chi connectivity index (χ3n) is 5.08. The first-order valence-corrected chi connectivity index (χ1v) is 10.4. The zero-order chi connectivity index (χ0) is 19.2. The Hall–Kier alpha value is -2.22. The number of carbonyl (C=O) groups is 2. The highest BCUT2D eigenvalue weighted by atomic mass is 32.1. The van der Waals surface area contributed by atoms with Crippen LogP contribution in [-0.4, -0.2) is 34.5 Å². The Kier molecular flexibility index (Phi) is 6.60. The van der Waals surface area contributed by atoms with E-state index in [1.807, 2.05) is 17.5 Å². The summed E-state index contributed by atoms with van der Waals surface area (Å²) in [4.78, 5) is 29.1. The number of hydrogen-bond acceptors (Lipinski definition) is 6. The second-order valence-electron chi connectivity index (χ2n) is 7.33. The van der Waals surface area contributed by atoms with E-state index in [4.69, 9.17) is 4.52 Å². The monoisotopic (exact) mass is 390 g/mol. The third-order valence-corrected chi connectivity index (χ3v) is 5.95. The number of thiophene rings is 1. The number of hydrogen-bond donors (Lipinski definition) is 2. The lowest BCUT2D eigenvalue weighted by Gasteiger charge is -2.31. The van der Waals surface area contributed by atoms with Crippen molar-refractivity contribution in [2.45, 2.75) is 52.0 Å². The smallest absolute Gasteiger partial charge is 0.316 e. The van der Waals surface area contributed by atoms with Crippen LogP contribution in [-0.2, 0) is 4.79 Å². The van der Waals surface area contributed by atoms with Gasteiger partial charge in [0, 0.05) is 19.0 Å². The molecule has 1 saturated carbocycles. The highest BCUT2D eigenvalue weighted by Gasteiger charge is 2.24.